The molecule has 0 spiro atoms. The summed E-state index contributed by atoms with van der Waals surface area (Å²) in [6, 6.07) is 8.50. The molecule has 1 fully saturated rings. The van der Waals surface area contributed by atoms with E-state index >= 15 is 0 Å². The van der Waals surface area contributed by atoms with Gasteiger partial charge in [-0.25, -0.2) is 0 Å². The van der Waals surface area contributed by atoms with Crippen molar-refractivity contribution in [2.75, 3.05) is 26.2 Å². The molecule has 2 aromatic rings. The van der Waals surface area contributed by atoms with Crippen molar-refractivity contribution in [1.82, 2.24) is 24.6 Å². The summed E-state index contributed by atoms with van der Waals surface area (Å²) in [6.07, 6.45) is 2.98. The van der Waals surface area contributed by atoms with Gasteiger partial charge in [0.15, 0.2) is 5.82 Å². The quantitative estimate of drug-likeness (QED) is 0.873. The van der Waals surface area contributed by atoms with E-state index in [0.717, 1.165) is 44.7 Å². The number of rotatable bonds is 4. The van der Waals surface area contributed by atoms with Gasteiger partial charge in [-0.05, 0) is 30.4 Å². The lowest BCUT2D eigenvalue weighted by Gasteiger charge is -2.35. The fraction of sp³-hybridized carbons (Fsp3) is 0.550. The van der Waals surface area contributed by atoms with E-state index in [4.69, 9.17) is 0 Å². The molecule has 2 aliphatic rings. The molecule has 7 heteroatoms. The molecule has 0 radical (unpaired) electrons. The molecule has 0 unspecified atom stereocenters. The number of carbonyl (C=O) groups is 1. The molecule has 0 bridgehead atoms. The molecule has 1 aromatic heterocycles. The average Bonchev–Trinajstić information content (AvgIpc) is 3.08. The Kier molecular flexibility index (Phi) is 5.22. The van der Waals surface area contributed by atoms with Crippen LogP contribution < -0.4 is 0 Å². The van der Waals surface area contributed by atoms with Gasteiger partial charge in [0.05, 0.1) is 6.54 Å². The Labute approximate surface area is 159 Å². The highest BCUT2D eigenvalue weighted by atomic mass is 16.3. The Hall–Kier alpha value is -2.25. The molecular formula is C20H27N5O2. The number of aliphatic hydroxyl groups is 1. The van der Waals surface area contributed by atoms with Gasteiger partial charge in [0.1, 0.15) is 12.4 Å². The molecule has 3 heterocycles. The number of amides is 1. The molecule has 27 heavy (non-hydrogen) atoms. The van der Waals surface area contributed by atoms with Gasteiger partial charge in [0, 0.05) is 39.1 Å². The first-order valence-electron chi connectivity index (χ1n) is 9.71. The Morgan fingerprint density at radius 3 is 2.81 bits per heavy atom. The Balaban J connectivity index is 1.38. The number of benzene rings is 1. The molecule has 4 rings (SSSR count). The van der Waals surface area contributed by atoms with Crippen LogP contribution in [0.5, 0.6) is 0 Å². The van der Waals surface area contributed by atoms with E-state index in [1.165, 1.54) is 11.1 Å². The van der Waals surface area contributed by atoms with Crippen LogP contribution in [0.15, 0.2) is 24.3 Å². The third kappa shape index (κ3) is 3.75. The van der Waals surface area contributed by atoms with E-state index < -0.39 is 0 Å². The monoisotopic (exact) mass is 369 g/mol. The third-order valence-corrected chi connectivity index (χ3v) is 5.85. The van der Waals surface area contributed by atoms with Crippen molar-refractivity contribution in [3.05, 3.63) is 47.0 Å². The Morgan fingerprint density at radius 2 is 2.04 bits per heavy atom. The predicted octanol–water partition coefficient (Wildman–Crippen LogP) is 1.07. The number of aromatic nitrogens is 3. The van der Waals surface area contributed by atoms with E-state index in [2.05, 4.69) is 39.4 Å². The van der Waals surface area contributed by atoms with Crippen LogP contribution in [0.3, 0.4) is 0 Å². The first-order chi connectivity index (χ1) is 13.2. The summed E-state index contributed by atoms with van der Waals surface area (Å²) < 4.78 is 1.86. The van der Waals surface area contributed by atoms with Crippen LogP contribution in [-0.2, 0) is 31.4 Å². The molecule has 2 aliphatic heterocycles. The maximum Gasteiger partial charge on any atom is 0.236 e. The number of aliphatic hydroxyl groups excluding tert-OH is 1. The van der Waals surface area contributed by atoms with Crippen LogP contribution in [0.4, 0.5) is 0 Å². The SMILES string of the molecule is Cn1c(CO)nnc1[C@H]1CCCN(C(=O)CN2CCc3ccccc3C2)C1. The Bertz CT molecular complexity index is 818. The molecular weight excluding hydrogens is 342 g/mol. The standard InChI is InChI=1S/C20H27N5O2/c1-23-18(14-26)21-22-20(23)17-7-4-9-25(12-17)19(27)13-24-10-8-15-5-2-3-6-16(15)11-24/h2-3,5-6,17,26H,4,7-14H2,1H3/t17-/m0/s1. The minimum Gasteiger partial charge on any atom is -0.388 e. The van der Waals surface area contributed by atoms with Crippen molar-refractivity contribution in [2.45, 2.75) is 38.3 Å². The van der Waals surface area contributed by atoms with Crippen LogP contribution >= 0.6 is 0 Å². The number of likely N-dealkylation sites (tertiary alicyclic amines) is 1. The number of hydrogen-bond acceptors (Lipinski definition) is 5. The van der Waals surface area contributed by atoms with E-state index in [9.17, 15) is 9.90 Å². The summed E-state index contributed by atoms with van der Waals surface area (Å²) in [7, 11) is 1.88. The first kappa shape index (κ1) is 18.1. The molecule has 0 saturated carbocycles. The fourth-order valence-electron chi connectivity index (χ4n) is 4.26. The number of hydrogen-bond donors (Lipinski definition) is 1. The van der Waals surface area contributed by atoms with Crippen molar-refractivity contribution in [1.29, 1.82) is 0 Å². The van der Waals surface area contributed by atoms with Gasteiger partial charge < -0.3 is 14.6 Å². The lowest BCUT2D eigenvalue weighted by atomic mass is 9.96. The smallest absolute Gasteiger partial charge is 0.236 e. The van der Waals surface area contributed by atoms with Gasteiger partial charge >= 0.3 is 0 Å². The zero-order chi connectivity index (χ0) is 18.8. The second kappa shape index (κ2) is 7.78. The maximum absolute atomic E-state index is 12.9. The second-order valence-electron chi connectivity index (χ2n) is 7.60. The lowest BCUT2D eigenvalue weighted by molar-refractivity contribution is -0.133. The summed E-state index contributed by atoms with van der Waals surface area (Å²) in [6.45, 7) is 3.63. The minimum absolute atomic E-state index is 0.116. The summed E-state index contributed by atoms with van der Waals surface area (Å²) >= 11 is 0. The molecule has 0 aliphatic carbocycles. The summed E-state index contributed by atoms with van der Waals surface area (Å²) in [5, 5.41) is 17.6. The van der Waals surface area contributed by atoms with Gasteiger partial charge in [0.25, 0.3) is 0 Å². The first-order valence-corrected chi connectivity index (χ1v) is 9.71. The molecule has 1 saturated heterocycles. The van der Waals surface area contributed by atoms with E-state index in [1.807, 2.05) is 16.5 Å². The van der Waals surface area contributed by atoms with E-state index in [0.29, 0.717) is 18.9 Å². The van der Waals surface area contributed by atoms with Crippen LogP contribution in [0.25, 0.3) is 0 Å². The Morgan fingerprint density at radius 1 is 1.22 bits per heavy atom. The molecule has 1 amide bonds. The van der Waals surface area contributed by atoms with Crippen molar-refractivity contribution in [2.24, 2.45) is 7.05 Å². The fourth-order valence-corrected chi connectivity index (χ4v) is 4.26. The number of piperidine rings is 1. The van der Waals surface area contributed by atoms with Crippen molar-refractivity contribution in [3.8, 4) is 0 Å². The average molecular weight is 369 g/mol. The van der Waals surface area contributed by atoms with Crippen LogP contribution in [0.2, 0.25) is 0 Å². The third-order valence-electron chi connectivity index (χ3n) is 5.85. The largest absolute Gasteiger partial charge is 0.388 e. The number of carbonyl (C=O) groups excluding carboxylic acids is 1. The van der Waals surface area contributed by atoms with Gasteiger partial charge in [-0.2, -0.15) is 0 Å². The van der Waals surface area contributed by atoms with Gasteiger partial charge in [-0.15, -0.1) is 10.2 Å². The highest BCUT2D eigenvalue weighted by molar-refractivity contribution is 5.78. The van der Waals surface area contributed by atoms with Crippen LogP contribution in [0, 0.1) is 0 Å². The normalized spacial score (nSPS) is 20.5. The second-order valence-corrected chi connectivity index (χ2v) is 7.60. The summed E-state index contributed by atoms with van der Waals surface area (Å²) in [5.74, 6) is 1.81. The summed E-state index contributed by atoms with van der Waals surface area (Å²) in [5.41, 5.74) is 2.74. The van der Waals surface area contributed by atoms with Crippen molar-refractivity contribution < 1.29 is 9.90 Å². The van der Waals surface area contributed by atoms with E-state index in [-0.39, 0.29) is 18.4 Å². The molecule has 1 atom stereocenters. The number of fused-ring (bicyclic) bond motifs is 1. The van der Waals surface area contributed by atoms with Gasteiger partial charge in [-0.3, -0.25) is 9.69 Å². The zero-order valence-electron chi connectivity index (χ0n) is 15.8. The zero-order valence-corrected chi connectivity index (χ0v) is 15.8. The highest BCUT2D eigenvalue weighted by Gasteiger charge is 2.29. The van der Waals surface area contributed by atoms with Crippen LogP contribution in [-0.4, -0.2) is 61.8 Å². The number of nitrogens with zero attached hydrogens (tertiary/aromatic N) is 5. The van der Waals surface area contributed by atoms with Crippen molar-refractivity contribution in [3.63, 3.8) is 0 Å². The highest BCUT2D eigenvalue weighted by Crippen LogP contribution is 2.26. The lowest BCUT2D eigenvalue weighted by Crippen LogP contribution is -2.46. The van der Waals surface area contributed by atoms with Crippen molar-refractivity contribution >= 4 is 5.91 Å². The minimum atomic E-state index is -0.116. The topological polar surface area (TPSA) is 74.5 Å². The predicted molar refractivity (Wildman–Crippen MR) is 101 cm³/mol. The van der Waals surface area contributed by atoms with Crippen LogP contribution in [0.1, 0.15) is 41.5 Å². The molecule has 1 aromatic carbocycles. The maximum atomic E-state index is 12.9. The van der Waals surface area contributed by atoms with Gasteiger partial charge in [0.2, 0.25) is 5.91 Å². The van der Waals surface area contributed by atoms with E-state index in [1.54, 1.807) is 0 Å². The summed E-state index contributed by atoms with van der Waals surface area (Å²) in [4.78, 5) is 17.1. The molecule has 144 valence electrons. The molecule has 1 N–H and O–H groups in total. The van der Waals surface area contributed by atoms with Gasteiger partial charge in [-0.1, -0.05) is 24.3 Å². The molecule has 7 nitrogen and oxygen atoms in total.